The van der Waals surface area contributed by atoms with Crippen LogP contribution in [-0.2, 0) is 15.0 Å². The number of aromatic nitrogens is 1. The summed E-state index contributed by atoms with van der Waals surface area (Å²) in [5.74, 6) is 0.00433. The van der Waals surface area contributed by atoms with Gasteiger partial charge >= 0.3 is 0 Å². The summed E-state index contributed by atoms with van der Waals surface area (Å²) >= 11 is 2.98. The van der Waals surface area contributed by atoms with Crippen LogP contribution in [0.15, 0.2) is 39.7 Å². The molecule has 1 N–H and O–H groups in total. The lowest BCUT2D eigenvalue weighted by Gasteiger charge is -2.16. The number of thiazole rings is 1. The smallest absolute Gasteiger partial charge is 0.236 e. The van der Waals surface area contributed by atoms with Gasteiger partial charge in [0.1, 0.15) is 0 Å². The first-order valence-electron chi connectivity index (χ1n) is 9.71. The molecular formula is C21H21N5O2S2. The van der Waals surface area contributed by atoms with E-state index in [0.717, 1.165) is 46.5 Å². The zero-order chi connectivity index (χ0) is 21.0. The maximum absolute atomic E-state index is 12.5. The van der Waals surface area contributed by atoms with Gasteiger partial charge in [-0.25, -0.2) is 4.98 Å². The molecule has 2 aromatic rings. The van der Waals surface area contributed by atoms with Crippen molar-refractivity contribution < 1.29 is 9.59 Å². The van der Waals surface area contributed by atoms with Crippen LogP contribution < -0.4 is 10.2 Å². The van der Waals surface area contributed by atoms with Gasteiger partial charge in [-0.2, -0.15) is 0 Å². The molecule has 1 aromatic heterocycles. The molecule has 2 amide bonds. The first-order chi connectivity index (χ1) is 14.3. The molecule has 154 valence electrons. The van der Waals surface area contributed by atoms with Gasteiger partial charge in [0.15, 0.2) is 10.3 Å². The second-order valence-electron chi connectivity index (χ2n) is 8.03. The van der Waals surface area contributed by atoms with Gasteiger partial charge in [-0.1, -0.05) is 17.8 Å². The van der Waals surface area contributed by atoms with Crippen LogP contribution in [0.3, 0.4) is 0 Å². The monoisotopic (exact) mass is 439 g/mol. The largest absolute Gasteiger partial charge is 0.322 e. The number of fused-ring (bicyclic) bond motifs is 2. The highest BCUT2D eigenvalue weighted by Gasteiger charge is 2.42. The number of amidine groups is 1. The zero-order valence-electron chi connectivity index (χ0n) is 16.9. The van der Waals surface area contributed by atoms with Crippen LogP contribution in [-0.4, -0.2) is 47.0 Å². The number of hydrogen-bond acceptors (Lipinski definition) is 7. The molecule has 5 rings (SSSR count). The second kappa shape index (κ2) is 6.95. The summed E-state index contributed by atoms with van der Waals surface area (Å²) < 4.78 is 0. The Morgan fingerprint density at radius 3 is 3.00 bits per heavy atom. The molecule has 9 heteroatoms. The highest BCUT2D eigenvalue weighted by molar-refractivity contribution is 8.16. The third kappa shape index (κ3) is 3.04. The second-order valence-corrected chi connectivity index (χ2v) is 9.72. The van der Waals surface area contributed by atoms with E-state index in [2.05, 4.69) is 20.2 Å². The van der Waals surface area contributed by atoms with Gasteiger partial charge in [-0.15, -0.1) is 11.3 Å². The van der Waals surface area contributed by atoms with Crippen molar-refractivity contribution in [3.05, 3.63) is 40.2 Å². The predicted octanol–water partition coefficient (Wildman–Crippen LogP) is 3.65. The first-order valence-corrected chi connectivity index (χ1v) is 11.5. The van der Waals surface area contributed by atoms with Crippen LogP contribution >= 0.6 is 23.1 Å². The number of likely N-dealkylation sites (N-methyl/N-ethyl adjacent to an activating group) is 1. The van der Waals surface area contributed by atoms with Gasteiger partial charge in [0, 0.05) is 35.9 Å². The summed E-state index contributed by atoms with van der Waals surface area (Å²) in [6.07, 6.45) is 0.308. The van der Waals surface area contributed by atoms with Crippen molar-refractivity contribution in [1.29, 1.82) is 0 Å². The van der Waals surface area contributed by atoms with Gasteiger partial charge < -0.3 is 15.1 Å². The molecule has 1 aromatic carbocycles. The maximum atomic E-state index is 12.5. The lowest BCUT2D eigenvalue weighted by Crippen LogP contribution is -2.33. The van der Waals surface area contributed by atoms with E-state index in [4.69, 9.17) is 0 Å². The fourth-order valence-corrected chi connectivity index (χ4v) is 5.73. The minimum Gasteiger partial charge on any atom is -0.322 e. The zero-order valence-corrected chi connectivity index (χ0v) is 18.6. The number of thioether (sulfide) groups is 1. The SMILES string of the molecule is CN1C(=O)C(C)(C)c2cc(-c3csc(NC(=O)CC4=CSC5=NCCN45)n3)ccc21. The predicted molar refractivity (Wildman–Crippen MR) is 122 cm³/mol. The molecule has 3 aliphatic heterocycles. The Labute approximate surface area is 182 Å². The Morgan fingerprint density at radius 1 is 1.33 bits per heavy atom. The number of carbonyl (C=O) groups excluding carboxylic acids is 2. The molecule has 0 bridgehead atoms. The normalized spacial score (nSPS) is 19.0. The van der Waals surface area contributed by atoms with E-state index in [-0.39, 0.29) is 11.8 Å². The molecule has 3 aliphatic rings. The van der Waals surface area contributed by atoms with E-state index < -0.39 is 5.41 Å². The molecular weight excluding hydrogens is 418 g/mol. The van der Waals surface area contributed by atoms with Crippen LogP contribution in [0.1, 0.15) is 25.8 Å². The van der Waals surface area contributed by atoms with E-state index >= 15 is 0 Å². The fourth-order valence-electron chi connectivity index (χ4n) is 4.04. The van der Waals surface area contributed by atoms with Crippen molar-refractivity contribution >= 4 is 50.9 Å². The topological polar surface area (TPSA) is 77.9 Å². The Kier molecular flexibility index (Phi) is 4.48. The Morgan fingerprint density at radius 2 is 2.17 bits per heavy atom. The number of carbonyl (C=O) groups is 2. The number of aliphatic imine (C=N–C) groups is 1. The van der Waals surface area contributed by atoms with Crippen LogP contribution in [0.2, 0.25) is 0 Å². The molecule has 0 aliphatic carbocycles. The molecule has 0 fully saturated rings. The summed E-state index contributed by atoms with van der Waals surface area (Å²) in [6, 6.07) is 5.97. The Balaban J connectivity index is 1.31. The summed E-state index contributed by atoms with van der Waals surface area (Å²) in [5, 5.41) is 8.40. The third-order valence-electron chi connectivity index (χ3n) is 5.71. The number of hydrogen-bond donors (Lipinski definition) is 1. The van der Waals surface area contributed by atoms with Crippen molar-refractivity contribution in [3.8, 4) is 11.3 Å². The molecule has 0 spiro atoms. The third-order valence-corrected chi connectivity index (χ3v) is 7.42. The highest BCUT2D eigenvalue weighted by Crippen LogP contribution is 2.42. The number of rotatable bonds is 4. The van der Waals surface area contributed by atoms with Crippen LogP contribution in [0.25, 0.3) is 11.3 Å². The van der Waals surface area contributed by atoms with Crippen molar-refractivity contribution in [2.24, 2.45) is 4.99 Å². The number of nitrogens with one attached hydrogen (secondary N) is 1. The number of nitrogens with zero attached hydrogens (tertiary/aromatic N) is 4. The van der Waals surface area contributed by atoms with Gasteiger partial charge in [0.25, 0.3) is 0 Å². The van der Waals surface area contributed by atoms with Gasteiger partial charge in [0.05, 0.1) is 24.1 Å². The first kappa shape index (κ1) is 19.3. The van der Waals surface area contributed by atoms with Crippen molar-refractivity contribution in [1.82, 2.24) is 9.88 Å². The van der Waals surface area contributed by atoms with Crippen molar-refractivity contribution in [2.45, 2.75) is 25.7 Å². The fraction of sp³-hybridized carbons (Fsp3) is 0.333. The molecule has 7 nitrogen and oxygen atoms in total. The quantitative estimate of drug-likeness (QED) is 0.787. The summed E-state index contributed by atoms with van der Waals surface area (Å²) in [6.45, 7) is 5.52. The molecule has 30 heavy (non-hydrogen) atoms. The molecule has 0 saturated carbocycles. The molecule has 0 atom stereocenters. The summed E-state index contributed by atoms with van der Waals surface area (Å²) in [4.78, 5) is 37.8. The Hall–Kier alpha value is -2.65. The van der Waals surface area contributed by atoms with Crippen LogP contribution in [0.5, 0.6) is 0 Å². The summed E-state index contributed by atoms with van der Waals surface area (Å²) in [5.41, 5.74) is 4.10. The molecule has 0 saturated heterocycles. The van der Waals surface area contributed by atoms with Crippen molar-refractivity contribution in [2.75, 3.05) is 30.4 Å². The van der Waals surface area contributed by atoms with E-state index in [9.17, 15) is 9.59 Å². The maximum Gasteiger partial charge on any atom is 0.236 e. The number of anilines is 2. The lowest BCUT2D eigenvalue weighted by atomic mass is 9.85. The van der Waals surface area contributed by atoms with E-state index in [0.29, 0.717) is 11.6 Å². The lowest BCUT2D eigenvalue weighted by molar-refractivity contribution is -0.121. The van der Waals surface area contributed by atoms with E-state index in [1.807, 2.05) is 42.8 Å². The van der Waals surface area contributed by atoms with Crippen LogP contribution in [0, 0.1) is 0 Å². The number of amides is 2. The van der Waals surface area contributed by atoms with Crippen molar-refractivity contribution in [3.63, 3.8) is 0 Å². The average molecular weight is 440 g/mol. The molecule has 4 heterocycles. The minimum absolute atomic E-state index is 0.0850. The standard InChI is InChI=1S/C21H21N5O2S2/c1-21(2)14-8-12(4-5-16(14)25(3)18(21)28)15-11-29-19(23-15)24-17(27)9-13-10-30-20-22-6-7-26(13)20/h4-5,8,10-11H,6-7,9H2,1-3H3,(H,23,24,27). The molecule has 0 radical (unpaired) electrons. The number of benzene rings is 1. The van der Waals surface area contributed by atoms with Gasteiger partial charge in [-0.05, 0) is 37.0 Å². The molecule has 0 unspecified atom stereocenters. The van der Waals surface area contributed by atoms with E-state index in [1.54, 1.807) is 23.7 Å². The van der Waals surface area contributed by atoms with Gasteiger partial charge in [0.2, 0.25) is 11.8 Å². The van der Waals surface area contributed by atoms with Crippen LogP contribution in [0.4, 0.5) is 10.8 Å². The van der Waals surface area contributed by atoms with Gasteiger partial charge in [-0.3, -0.25) is 14.6 Å². The highest BCUT2D eigenvalue weighted by atomic mass is 32.2. The average Bonchev–Trinajstić information content (AvgIpc) is 3.47. The minimum atomic E-state index is -0.558. The van der Waals surface area contributed by atoms with E-state index in [1.165, 1.54) is 11.3 Å². The summed E-state index contributed by atoms with van der Waals surface area (Å²) in [7, 11) is 1.81. The Bertz CT molecular complexity index is 1130.